The predicted molar refractivity (Wildman–Crippen MR) is 35.2 cm³/mol. The minimum atomic E-state index is -0.891. The summed E-state index contributed by atoms with van der Waals surface area (Å²) in [4.78, 5) is 9.51. The van der Waals surface area contributed by atoms with Gasteiger partial charge in [0.25, 0.3) is 0 Å². The zero-order valence-electron chi connectivity index (χ0n) is 5.66. The van der Waals surface area contributed by atoms with Crippen molar-refractivity contribution in [3.63, 3.8) is 0 Å². The predicted octanol–water partition coefficient (Wildman–Crippen LogP) is 0.646. The molecular weight excluding hydrogens is 120 g/mol. The van der Waals surface area contributed by atoms with Gasteiger partial charge in [0, 0.05) is 12.7 Å². The largest absolute Gasteiger partial charge is 0.478 e. The van der Waals surface area contributed by atoms with Crippen LogP contribution < -0.4 is 0 Å². The Morgan fingerprint density at radius 1 is 1.67 bits per heavy atom. The molecule has 0 saturated carbocycles. The summed E-state index contributed by atoms with van der Waals surface area (Å²) in [6.45, 7) is 3.59. The summed E-state index contributed by atoms with van der Waals surface area (Å²) in [5, 5.41) is 15.4. The first-order valence-electron chi connectivity index (χ1n) is 2.65. The van der Waals surface area contributed by atoms with Gasteiger partial charge in [-0.2, -0.15) is 0 Å². The van der Waals surface area contributed by atoms with Crippen molar-refractivity contribution in [1.29, 1.82) is 0 Å². The van der Waals surface area contributed by atoms with Gasteiger partial charge in [0.2, 0.25) is 0 Å². The molecule has 2 N–H and O–H groups in total. The second kappa shape index (κ2) is 10.2. The van der Waals surface area contributed by atoms with Crippen molar-refractivity contribution < 1.29 is 15.0 Å². The fourth-order valence-corrected chi connectivity index (χ4v) is 0.143. The van der Waals surface area contributed by atoms with Crippen LogP contribution in [0.3, 0.4) is 0 Å². The van der Waals surface area contributed by atoms with E-state index >= 15 is 0 Å². The van der Waals surface area contributed by atoms with Crippen LogP contribution in [-0.2, 0) is 4.79 Å². The molecule has 0 bridgehead atoms. The van der Waals surface area contributed by atoms with E-state index in [2.05, 4.69) is 0 Å². The maximum Gasteiger partial charge on any atom is 0.327 e. The third kappa shape index (κ3) is 40.7. The third-order valence-corrected chi connectivity index (χ3v) is 0.309. The Hall–Kier alpha value is -0.830. The van der Waals surface area contributed by atoms with Gasteiger partial charge in [-0.25, -0.2) is 4.79 Å². The molecule has 0 aromatic carbocycles. The van der Waals surface area contributed by atoms with Gasteiger partial charge in [0.1, 0.15) is 0 Å². The number of carboxylic acid groups (broad SMARTS) is 1. The van der Waals surface area contributed by atoms with E-state index in [9.17, 15) is 4.79 Å². The molecule has 0 aromatic heterocycles. The number of aliphatic hydroxyl groups is 1. The van der Waals surface area contributed by atoms with Crippen LogP contribution in [0.25, 0.3) is 0 Å². The maximum absolute atomic E-state index is 9.51. The van der Waals surface area contributed by atoms with E-state index in [0.717, 1.165) is 6.08 Å². The lowest BCUT2D eigenvalue weighted by Gasteiger charge is -1.68. The number of hydrogen-bond acceptors (Lipinski definition) is 2. The van der Waals surface area contributed by atoms with Gasteiger partial charge in [0.15, 0.2) is 0 Å². The van der Waals surface area contributed by atoms with Gasteiger partial charge < -0.3 is 10.2 Å². The maximum atomic E-state index is 9.51. The second-order valence-electron chi connectivity index (χ2n) is 1.15. The summed E-state index contributed by atoms with van der Waals surface area (Å²) in [6.07, 6.45) is 2.56. The number of hydrogen-bond donors (Lipinski definition) is 2. The van der Waals surface area contributed by atoms with Crippen LogP contribution in [0.15, 0.2) is 12.2 Å². The number of carboxylic acids is 1. The van der Waals surface area contributed by atoms with Crippen molar-refractivity contribution in [1.82, 2.24) is 0 Å². The highest BCUT2D eigenvalue weighted by molar-refractivity contribution is 5.79. The molecule has 9 heavy (non-hydrogen) atoms. The summed E-state index contributed by atoms with van der Waals surface area (Å²) in [6, 6.07) is 0. The number of allylic oxidation sites excluding steroid dienone is 1. The number of rotatable bonds is 1. The van der Waals surface area contributed by atoms with Crippen molar-refractivity contribution in [3.8, 4) is 0 Å². The standard InChI is InChI=1S/C4H6O2.C2H6O/c1-2-3-4(5)6;1-2-3/h2-3H,1H3,(H,5,6);3H,2H2,1H3/b3-2+;. The highest BCUT2D eigenvalue weighted by Crippen LogP contribution is 1.65. The Morgan fingerprint density at radius 2 is 2.00 bits per heavy atom. The average molecular weight is 132 g/mol. The fraction of sp³-hybridized carbons (Fsp3) is 0.500. The number of aliphatic hydroxyl groups excluding tert-OH is 1. The van der Waals surface area contributed by atoms with E-state index in [1.165, 1.54) is 6.08 Å². The minimum Gasteiger partial charge on any atom is -0.478 e. The molecule has 3 nitrogen and oxygen atoms in total. The minimum absolute atomic E-state index is 0.250. The lowest BCUT2D eigenvalue weighted by Crippen LogP contribution is -1.83. The monoisotopic (exact) mass is 132 g/mol. The quantitative estimate of drug-likeness (QED) is 0.515. The van der Waals surface area contributed by atoms with Gasteiger partial charge in [0.05, 0.1) is 0 Å². The lowest BCUT2D eigenvalue weighted by atomic mass is 10.5. The van der Waals surface area contributed by atoms with Gasteiger partial charge >= 0.3 is 5.97 Å². The summed E-state index contributed by atoms with van der Waals surface area (Å²) < 4.78 is 0. The summed E-state index contributed by atoms with van der Waals surface area (Å²) in [7, 11) is 0. The Labute approximate surface area is 54.6 Å². The molecule has 0 aliphatic heterocycles. The zero-order chi connectivity index (χ0) is 7.70. The van der Waals surface area contributed by atoms with E-state index in [1.807, 2.05) is 0 Å². The van der Waals surface area contributed by atoms with Crippen LogP contribution in [0.2, 0.25) is 0 Å². The van der Waals surface area contributed by atoms with Crippen molar-refractivity contribution in [2.45, 2.75) is 13.8 Å². The molecule has 0 aliphatic carbocycles. The normalized spacial score (nSPS) is 8.33. The topological polar surface area (TPSA) is 57.5 Å². The van der Waals surface area contributed by atoms with Gasteiger partial charge in [-0.15, -0.1) is 0 Å². The van der Waals surface area contributed by atoms with Crippen LogP contribution >= 0.6 is 0 Å². The first-order valence-corrected chi connectivity index (χ1v) is 2.65. The molecule has 0 radical (unpaired) electrons. The number of aliphatic carboxylic acids is 1. The van der Waals surface area contributed by atoms with E-state index in [1.54, 1.807) is 13.8 Å². The van der Waals surface area contributed by atoms with Crippen LogP contribution in [0.4, 0.5) is 0 Å². The first kappa shape index (κ1) is 11.0. The van der Waals surface area contributed by atoms with Gasteiger partial charge in [-0.3, -0.25) is 0 Å². The van der Waals surface area contributed by atoms with Crippen LogP contribution in [0.5, 0.6) is 0 Å². The molecule has 0 fully saturated rings. The Bertz CT molecular complexity index is 86.3. The Kier molecular flexibility index (Phi) is 12.5. The van der Waals surface area contributed by atoms with E-state index in [0.29, 0.717) is 0 Å². The van der Waals surface area contributed by atoms with Crippen LogP contribution in [-0.4, -0.2) is 22.8 Å². The SMILES string of the molecule is C/C=C/C(=O)O.CCO. The molecule has 3 heteroatoms. The molecular formula is C6H12O3. The molecule has 0 atom stereocenters. The van der Waals surface area contributed by atoms with E-state index in [-0.39, 0.29) is 6.61 Å². The third-order valence-electron chi connectivity index (χ3n) is 0.309. The molecule has 54 valence electrons. The molecule has 0 unspecified atom stereocenters. The Morgan fingerprint density at radius 3 is 2.00 bits per heavy atom. The molecule has 0 heterocycles. The van der Waals surface area contributed by atoms with Gasteiger partial charge in [-0.05, 0) is 13.8 Å². The fourth-order valence-electron chi connectivity index (χ4n) is 0.143. The Balaban J connectivity index is 0. The molecule has 0 rings (SSSR count). The lowest BCUT2D eigenvalue weighted by molar-refractivity contribution is -0.131. The highest BCUT2D eigenvalue weighted by Gasteiger charge is 1.76. The molecule has 0 saturated heterocycles. The molecule has 0 spiro atoms. The van der Waals surface area contributed by atoms with Crippen molar-refractivity contribution >= 4 is 5.97 Å². The molecule has 0 aromatic rings. The average Bonchev–Trinajstić information content (AvgIpc) is 1.67. The van der Waals surface area contributed by atoms with Crippen molar-refractivity contribution in [3.05, 3.63) is 12.2 Å². The van der Waals surface area contributed by atoms with Crippen molar-refractivity contribution in [2.75, 3.05) is 6.61 Å². The summed E-state index contributed by atoms with van der Waals surface area (Å²) in [5.74, 6) is -0.891. The van der Waals surface area contributed by atoms with Crippen LogP contribution in [0, 0.1) is 0 Å². The van der Waals surface area contributed by atoms with Crippen molar-refractivity contribution in [2.24, 2.45) is 0 Å². The first-order chi connectivity index (χ1) is 4.18. The molecule has 0 aliphatic rings. The summed E-state index contributed by atoms with van der Waals surface area (Å²) in [5.41, 5.74) is 0. The highest BCUT2D eigenvalue weighted by atomic mass is 16.4. The molecule has 0 amide bonds. The smallest absolute Gasteiger partial charge is 0.327 e. The zero-order valence-corrected chi connectivity index (χ0v) is 5.66. The van der Waals surface area contributed by atoms with E-state index < -0.39 is 5.97 Å². The van der Waals surface area contributed by atoms with Crippen LogP contribution in [0.1, 0.15) is 13.8 Å². The van der Waals surface area contributed by atoms with E-state index in [4.69, 9.17) is 10.2 Å². The summed E-state index contributed by atoms with van der Waals surface area (Å²) >= 11 is 0. The van der Waals surface area contributed by atoms with Gasteiger partial charge in [-0.1, -0.05) is 6.08 Å². The second-order valence-corrected chi connectivity index (χ2v) is 1.15. The number of carbonyl (C=O) groups is 1.